The van der Waals surface area contributed by atoms with Gasteiger partial charge in [-0.3, -0.25) is 0 Å². The maximum absolute atomic E-state index is 5.56. The molecule has 5 heteroatoms. The molecule has 0 aliphatic carbocycles. The fraction of sp³-hybridized carbons (Fsp3) is 0.0909. The van der Waals surface area contributed by atoms with Gasteiger partial charge in [-0.1, -0.05) is 0 Å². The molecule has 16 heavy (non-hydrogen) atoms. The lowest BCUT2D eigenvalue weighted by Crippen LogP contribution is -1.92. The van der Waals surface area contributed by atoms with Crippen LogP contribution < -0.4 is 15.2 Å². The Morgan fingerprint density at radius 3 is 2.44 bits per heavy atom. The van der Waals surface area contributed by atoms with Gasteiger partial charge in [0, 0.05) is 5.69 Å². The van der Waals surface area contributed by atoms with Crippen molar-refractivity contribution in [1.82, 2.24) is 9.97 Å². The van der Waals surface area contributed by atoms with Crippen molar-refractivity contribution in [3.05, 3.63) is 36.7 Å². The molecule has 1 heterocycles. The Hall–Kier alpha value is -2.30. The molecule has 2 N–H and O–H groups in total. The summed E-state index contributed by atoms with van der Waals surface area (Å²) in [6.45, 7) is 0. The van der Waals surface area contributed by atoms with Gasteiger partial charge in [0.15, 0.2) is 0 Å². The van der Waals surface area contributed by atoms with Crippen LogP contribution in [0.1, 0.15) is 0 Å². The van der Waals surface area contributed by atoms with E-state index in [9.17, 15) is 0 Å². The van der Waals surface area contributed by atoms with Gasteiger partial charge >= 0.3 is 0 Å². The van der Waals surface area contributed by atoms with Crippen molar-refractivity contribution in [3.63, 3.8) is 0 Å². The summed E-state index contributed by atoms with van der Waals surface area (Å²) in [6.07, 6.45) is 1.38. The first-order valence-electron chi connectivity index (χ1n) is 4.67. The third-order valence-corrected chi connectivity index (χ3v) is 1.93. The molecular weight excluding hydrogens is 206 g/mol. The van der Waals surface area contributed by atoms with Gasteiger partial charge in [0.05, 0.1) is 13.2 Å². The highest BCUT2D eigenvalue weighted by Gasteiger charge is 2.01. The van der Waals surface area contributed by atoms with Crippen LogP contribution in [0.25, 0.3) is 0 Å². The first-order chi connectivity index (χ1) is 7.78. The number of methoxy groups -OCH3 is 1. The molecule has 0 amide bonds. The zero-order valence-corrected chi connectivity index (χ0v) is 8.75. The topological polar surface area (TPSA) is 70.3 Å². The van der Waals surface area contributed by atoms with E-state index in [2.05, 4.69) is 9.97 Å². The molecule has 0 unspecified atom stereocenters. The standard InChI is InChI=1S/C11H11N3O2/c1-15-10-6-11(14-7-13-10)16-9-4-2-8(12)3-5-9/h2-7H,12H2,1H3. The van der Waals surface area contributed by atoms with E-state index in [1.165, 1.54) is 13.4 Å². The lowest BCUT2D eigenvalue weighted by Gasteiger charge is -2.05. The zero-order valence-electron chi connectivity index (χ0n) is 8.75. The lowest BCUT2D eigenvalue weighted by atomic mass is 10.3. The number of hydrogen-bond acceptors (Lipinski definition) is 5. The molecule has 0 saturated heterocycles. The average molecular weight is 217 g/mol. The van der Waals surface area contributed by atoms with Gasteiger partial charge in [0.25, 0.3) is 0 Å². The van der Waals surface area contributed by atoms with E-state index in [1.807, 2.05) is 0 Å². The molecule has 0 spiro atoms. The smallest absolute Gasteiger partial charge is 0.226 e. The van der Waals surface area contributed by atoms with Crippen molar-refractivity contribution < 1.29 is 9.47 Å². The summed E-state index contributed by atoms with van der Waals surface area (Å²) in [4.78, 5) is 7.84. The van der Waals surface area contributed by atoms with E-state index in [1.54, 1.807) is 30.3 Å². The first-order valence-corrected chi connectivity index (χ1v) is 4.67. The average Bonchev–Trinajstić information content (AvgIpc) is 2.32. The second-order valence-electron chi connectivity index (χ2n) is 3.07. The highest BCUT2D eigenvalue weighted by molar-refractivity contribution is 5.42. The summed E-state index contributed by atoms with van der Waals surface area (Å²) in [5, 5.41) is 0. The lowest BCUT2D eigenvalue weighted by molar-refractivity contribution is 0.388. The third kappa shape index (κ3) is 2.38. The second kappa shape index (κ2) is 4.48. The van der Waals surface area contributed by atoms with Crippen LogP contribution >= 0.6 is 0 Å². The number of hydrogen-bond donors (Lipinski definition) is 1. The highest BCUT2D eigenvalue weighted by atomic mass is 16.5. The molecule has 2 rings (SSSR count). The summed E-state index contributed by atoms with van der Waals surface area (Å²) < 4.78 is 10.4. The summed E-state index contributed by atoms with van der Waals surface area (Å²) in [5.74, 6) is 1.55. The SMILES string of the molecule is COc1cc(Oc2ccc(N)cc2)ncn1. The van der Waals surface area contributed by atoms with E-state index < -0.39 is 0 Å². The summed E-state index contributed by atoms with van der Waals surface area (Å²) in [7, 11) is 1.54. The number of anilines is 1. The number of nitrogens with two attached hydrogens (primary N) is 1. The largest absolute Gasteiger partial charge is 0.481 e. The van der Waals surface area contributed by atoms with Crippen LogP contribution in [-0.2, 0) is 0 Å². The van der Waals surface area contributed by atoms with E-state index in [0.717, 1.165) is 0 Å². The van der Waals surface area contributed by atoms with Crippen LogP contribution in [0.4, 0.5) is 5.69 Å². The van der Waals surface area contributed by atoms with Crippen molar-refractivity contribution in [2.24, 2.45) is 0 Å². The Morgan fingerprint density at radius 1 is 1.06 bits per heavy atom. The Balaban J connectivity index is 2.16. The second-order valence-corrected chi connectivity index (χ2v) is 3.07. The predicted octanol–water partition coefficient (Wildman–Crippen LogP) is 1.86. The molecule has 0 saturated carbocycles. The molecule has 0 aliphatic rings. The van der Waals surface area contributed by atoms with Crippen molar-refractivity contribution in [2.45, 2.75) is 0 Å². The van der Waals surface area contributed by atoms with E-state index in [-0.39, 0.29) is 0 Å². The van der Waals surface area contributed by atoms with E-state index in [4.69, 9.17) is 15.2 Å². The molecule has 82 valence electrons. The van der Waals surface area contributed by atoms with Gasteiger partial charge in [0.2, 0.25) is 11.8 Å². The van der Waals surface area contributed by atoms with Crippen molar-refractivity contribution >= 4 is 5.69 Å². The number of aromatic nitrogens is 2. The maximum atomic E-state index is 5.56. The Labute approximate surface area is 92.9 Å². The molecule has 1 aromatic carbocycles. The van der Waals surface area contributed by atoms with Gasteiger partial charge in [-0.15, -0.1) is 0 Å². The molecule has 0 aliphatic heterocycles. The Kier molecular flexibility index (Phi) is 2.86. The molecule has 0 radical (unpaired) electrons. The minimum Gasteiger partial charge on any atom is -0.481 e. The zero-order chi connectivity index (χ0) is 11.4. The quantitative estimate of drug-likeness (QED) is 0.794. The fourth-order valence-electron chi connectivity index (χ4n) is 1.15. The van der Waals surface area contributed by atoms with E-state index >= 15 is 0 Å². The molecule has 0 fully saturated rings. The molecule has 5 nitrogen and oxygen atoms in total. The Morgan fingerprint density at radius 2 is 1.75 bits per heavy atom. The molecule has 2 aromatic rings. The molecule has 0 atom stereocenters. The summed E-state index contributed by atoms with van der Waals surface area (Å²) in [5.41, 5.74) is 6.25. The Bertz CT molecular complexity index is 471. The van der Waals surface area contributed by atoms with Gasteiger partial charge in [-0.2, -0.15) is 0 Å². The minimum atomic E-state index is 0.427. The van der Waals surface area contributed by atoms with Gasteiger partial charge < -0.3 is 15.2 Å². The summed E-state index contributed by atoms with van der Waals surface area (Å²) in [6, 6.07) is 8.66. The number of ether oxygens (including phenoxy) is 2. The number of benzene rings is 1. The van der Waals surface area contributed by atoms with Crippen molar-refractivity contribution in [1.29, 1.82) is 0 Å². The van der Waals surface area contributed by atoms with Crippen LogP contribution in [0, 0.1) is 0 Å². The maximum Gasteiger partial charge on any atom is 0.226 e. The van der Waals surface area contributed by atoms with Crippen LogP contribution in [-0.4, -0.2) is 17.1 Å². The van der Waals surface area contributed by atoms with Crippen molar-refractivity contribution in [2.75, 3.05) is 12.8 Å². The fourth-order valence-corrected chi connectivity index (χ4v) is 1.15. The van der Waals surface area contributed by atoms with Gasteiger partial charge in [0.1, 0.15) is 12.1 Å². The monoisotopic (exact) mass is 217 g/mol. The first kappa shape index (κ1) is 10.2. The number of nitrogen functional groups attached to an aromatic ring is 1. The molecule has 0 bridgehead atoms. The van der Waals surface area contributed by atoms with Crippen LogP contribution in [0.3, 0.4) is 0 Å². The number of nitrogens with zero attached hydrogens (tertiary/aromatic N) is 2. The van der Waals surface area contributed by atoms with E-state index in [0.29, 0.717) is 23.2 Å². The third-order valence-electron chi connectivity index (χ3n) is 1.93. The minimum absolute atomic E-state index is 0.427. The summed E-state index contributed by atoms with van der Waals surface area (Å²) >= 11 is 0. The van der Waals surface area contributed by atoms with Crippen LogP contribution in [0.2, 0.25) is 0 Å². The predicted molar refractivity (Wildman–Crippen MR) is 59.5 cm³/mol. The molecule has 1 aromatic heterocycles. The number of rotatable bonds is 3. The van der Waals surface area contributed by atoms with Gasteiger partial charge in [-0.05, 0) is 24.3 Å². The molecular formula is C11H11N3O2. The van der Waals surface area contributed by atoms with Crippen LogP contribution in [0.5, 0.6) is 17.5 Å². The highest BCUT2D eigenvalue weighted by Crippen LogP contribution is 2.21. The van der Waals surface area contributed by atoms with Crippen molar-refractivity contribution in [3.8, 4) is 17.5 Å². The normalized spacial score (nSPS) is 9.81. The van der Waals surface area contributed by atoms with Crippen LogP contribution in [0.15, 0.2) is 36.7 Å². The van der Waals surface area contributed by atoms with Gasteiger partial charge in [-0.25, -0.2) is 9.97 Å².